The average Bonchev–Trinajstić information content (AvgIpc) is 2.41. The second kappa shape index (κ2) is 6.74. The maximum absolute atomic E-state index is 11.9. The van der Waals surface area contributed by atoms with E-state index in [4.69, 9.17) is 5.11 Å². The highest BCUT2D eigenvalue weighted by molar-refractivity contribution is 9.10. The van der Waals surface area contributed by atoms with Crippen molar-refractivity contribution < 1.29 is 14.7 Å². The van der Waals surface area contributed by atoms with Crippen molar-refractivity contribution in [3.63, 3.8) is 0 Å². The minimum absolute atomic E-state index is 0.295. The van der Waals surface area contributed by atoms with Crippen molar-refractivity contribution in [1.29, 1.82) is 0 Å². The lowest BCUT2D eigenvalue weighted by atomic mass is 9.84. The molecule has 0 radical (unpaired) electrons. The van der Waals surface area contributed by atoms with Crippen molar-refractivity contribution in [1.82, 2.24) is 5.32 Å². The lowest BCUT2D eigenvalue weighted by molar-refractivity contribution is -0.143. The Morgan fingerprint density at radius 1 is 1.15 bits per heavy atom. The van der Waals surface area contributed by atoms with E-state index in [2.05, 4.69) is 26.6 Å². The summed E-state index contributed by atoms with van der Waals surface area (Å²) in [4.78, 5) is 23.1. The number of aliphatic carboxylic acids is 1. The van der Waals surface area contributed by atoms with Gasteiger partial charge in [-0.1, -0.05) is 28.8 Å². The molecule has 3 N–H and O–H groups in total. The number of carbonyl (C=O) groups is 2. The SMILES string of the molecule is O=C(Nc1ccc(Br)cc1)NC1CCCCC1C(=O)O. The largest absolute Gasteiger partial charge is 0.481 e. The van der Waals surface area contributed by atoms with Gasteiger partial charge in [0.1, 0.15) is 0 Å². The molecular weight excluding hydrogens is 324 g/mol. The van der Waals surface area contributed by atoms with E-state index in [0.29, 0.717) is 18.5 Å². The van der Waals surface area contributed by atoms with Crippen LogP contribution in [-0.2, 0) is 4.79 Å². The molecule has 0 aromatic heterocycles. The van der Waals surface area contributed by atoms with Crippen molar-refractivity contribution in [2.45, 2.75) is 31.7 Å². The van der Waals surface area contributed by atoms with Crippen LogP contribution in [0.3, 0.4) is 0 Å². The van der Waals surface area contributed by atoms with Gasteiger partial charge in [0.25, 0.3) is 0 Å². The Morgan fingerprint density at radius 3 is 2.45 bits per heavy atom. The van der Waals surface area contributed by atoms with Gasteiger partial charge in [-0.2, -0.15) is 0 Å². The third kappa shape index (κ3) is 3.96. The summed E-state index contributed by atoms with van der Waals surface area (Å²) in [6.45, 7) is 0. The van der Waals surface area contributed by atoms with Gasteiger partial charge in [0.15, 0.2) is 0 Å². The van der Waals surface area contributed by atoms with Gasteiger partial charge in [-0.15, -0.1) is 0 Å². The van der Waals surface area contributed by atoms with Crippen LogP contribution in [0.5, 0.6) is 0 Å². The minimum atomic E-state index is -0.835. The topological polar surface area (TPSA) is 78.4 Å². The molecule has 20 heavy (non-hydrogen) atoms. The molecule has 2 unspecified atom stereocenters. The zero-order valence-electron chi connectivity index (χ0n) is 10.9. The maximum atomic E-state index is 11.9. The van der Waals surface area contributed by atoms with E-state index < -0.39 is 11.9 Å². The predicted octanol–water partition coefficient (Wildman–Crippen LogP) is 3.21. The molecule has 1 aliphatic rings. The zero-order chi connectivity index (χ0) is 14.5. The molecule has 1 aromatic carbocycles. The number of anilines is 1. The molecule has 0 aliphatic heterocycles. The maximum Gasteiger partial charge on any atom is 0.319 e. The van der Waals surface area contributed by atoms with Gasteiger partial charge in [0.2, 0.25) is 0 Å². The summed E-state index contributed by atoms with van der Waals surface area (Å²) in [7, 11) is 0. The summed E-state index contributed by atoms with van der Waals surface area (Å²) < 4.78 is 0.932. The number of rotatable bonds is 3. The van der Waals surface area contributed by atoms with E-state index in [-0.39, 0.29) is 12.1 Å². The van der Waals surface area contributed by atoms with Gasteiger partial charge in [0.05, 0.1) is 5.92 Å². The van der Waals surface area contributed by atoms with Crippen LogP contribution in [0.2, 0.25) is 0 Å². The predicted molar refractivity (Wildman–Crippen MR) is 79.7 cm³/mol. The Hall–Kier alpha value is -1.56. The van der Waals surface area contributed by atoms with Crippen molar-refractivity contribution >= 4 is 33.6 Å². The number of hydrogen-bond donors (Lipinski definition) is 3. The van der Waals surface area contributed by atoms with Crippen molar-refractivity contribution in [2.24, 2.45) is 5.92 Å². The molecule has 2 rings (SSSR count). The van der Waals surface area contributed by atoms with E-state index in [0.717, 1.165) is 17.3 Å². The zero-order valence-corrected chi connectivity index (χ0v) is 12.5. The molecule has 2 atom stereocenters. The highest BCUT2D eigenvalue weighted by Crippen LogP contribution is 2.24. The number of carboxylic acid groups (broad SMARTS) is 1. The van der Waals surface area contributed by atoms with Crippen molar-refractivity contribution in [2.75, 3.05) is 5.32 Å². The fourth-order valence-electron chi connectivity index (χ4n) is 2.47. The molecule has 0 bridgehead atoms. The van der Waals surface area contributed by atoms with Gasteiger partial charge in [-0.25, -0.2) is 4.79 Å². The van der Waals surface area contributed by atoms with Crippen LogP contribution in [-0.4, -0.2) is 23.1 Å². The van der Waals surface area contributed by atoms with Gasteiger partial charge >= 0.3 is 12.0 Å². The Balaban J connectivity index is 1.92. The monoisotopic (exact) mass is 340 g/mol. The Kier molecular flexibility index (Phi) is 5.00. The first kappa shape index (κ1) is 14.8. The number of halogens is 1. The smallest absolute Gasteiger partial charge is 0.319 e. The Bertz CT molecular complexity index is 490. The van der Waals surface area contributed by atoms with E-state index in [1.165, 1.54) is 0 Å². The third-order valence-electron chi connectivity index (χ3n) is 3.50. The minimum Gasteiger partial charge on any atom is -0.481 e. The van der Waals surface area contributed by atoms with Gasteiger partial charge in [-0.05, 0) is 37.1 Å². The van der Waals surface area contributed by atoms with Crippen molar-refractivity contribution in [3.8, 4) is 0 Å². The van der Waals surface area contributed by atoms with Gasteiger partial charge in [0, 0.05) is 16.2 Å². The van der Waals surface area contributed by atoms with Crippen LogP contribution in [0.1, 0.15) is 25.7 Å². The van der Waals surface area contributed by atoms with Crippen LogP contribution in [0.4, 0.5) is 10.5 Å². The van der Waals surface area contributed by atoms with Gasteiger partial charge in [-0.3, -0.25) is 4.79 Å². The molecule has 1 aromatic rings. The van der Waals surface area contributed by atoms with E-state index in [1.807, 2.05) is 12.1 Å². The second-order valence-electron chi connectivity index (χ2n) is 4.94. The van der Waals surface area contributed by atoms with Crippen LogP contribution < -0.4 is 10.6 Å². The second-order valence-corrected chi connectivity index (χ2v) is 5.86. The number of carbonyl (C=O) groups excluding carboxylic acids is 1. The summed E-state index contributed by atoms with van der Waals surface area (Å²) in [6.07, 6.45) is 3.19. The fourth-order valence-corrected chi connectivity index (χ4v) is 2.73. The average molecular weight is 341 g/mol. The molecule has 6 heteroatoms. The van der Waals surface area contributed by atoms with E-state index in [1.54, 1.807) is 12.1 Å². The summed E-state index contributed by atoms with van der Waals surface area (Å²) in [5.74, 6) is -1.32. The molecule has 1 saturated carbocycles. The molecule has 5 nitrogen and oxygen atoms in total. The standard InChI is InChI=1S/C14H17BrN2O3/c15-9-5-7-10(8-6-9)16-14(20)17-12-4-2-1-3-11(12)13(18)19/h5-8,11-12H,1-4H2,(H,18,19)(H2,16,17,20). The first-order valence-corrected chi connectivity index (χ1v) is 7.41. The number of amides is 2. The summed E-state index contributed by atoms with van der Waals surface area (Å²) in [5.41, 5.74) is 0.674. The van der Waals surface area contributed by atoms with Crippen LogP contribution >= 0.6 is 15.9 Å². The molecule has 0 heterocycles. The molecule has 2 amide bonds. The highest BCUT2D eigenvalue weighted by atomic mass is 79.9. The lowest BCUT2D eigenvalue weighted by Crippen LogP contribution is -2.46. The van der Waals surface area contributed by atoms with E-state index in [9.17, 15) is 9.59 Å². The molecular formula is C14H17BrN2O3. The summed E-state index contributed by atoms with van der Waals surface area (Å²) in [5, 5.41) is 14.6. The first-order chi connectivity index (χ1) is 9.56. The Morgan fingerprint density at radius 2 is 1.80 bits per heavy atom. The highest BCUT2D eigenvalue weighted by Gasteiger charge is 2.31. The number of urea groups is 1. The Labute approximate surface area is 125 Å². The fraction of sp³-hybridized carbons (Fsp3) is 0.429. The number of hydrogen-bond acceptors (Lipinski definition) is 2. The number of carboxylic acids is 1. The molecule has 1 fully saturated rings. The molecule has 0 spiro atoms. The van der Waals surface area contributed by atoms with Crippen LogP contribution in [0.15, 0.2) is 28.7 Å². The summed E-state index contributed by atoms with van der Waals surface area (Å²) >= 11 is 3.32. The van der Waals surface area contributed by atoms with Gasteiger partial charge < -0.3 is 15.7 Å². The first-order valence-electron chi connectivity index (χ1n) is 6.62. The normalized spacial score (nSPS) is 22.1. The molecule has 1 aliphatic carbocycles. The lowest BCUT2D eigenvalue weighted by Gasteiger charge is -2.29. The van der Waals surface area contributed by atoms with Crippen molar-refractivity contribution in [3.05, 3.63) is 28.7 Å². The number of nitrogens with one attached hydrogen (secondary N) is 2. The van der Waals surface area contributed by atoms with E-state index >= 15 is 0 Å². The van der Waals surface area contributed by atoms with Crippen LogP contribution in [0.25, 0.3) is 0 Å². The quantitative estimate of drug-likeness (QED) is 0.790. The van der Waals surface area contributed by atoms with Crippen LogP contribution in [0, 0.1) is 5.92 Å². The number of benzene rings is 1. The third-order valence-corrected chi connectivity index (χ3v) is 4.03. The molecule has 0 saturated heterocycles. The molecule has 108 valence electrons. The summed E-state index contributed by atoms with van der Waals surface area (Å²) in [6, 6.07) is 6.56.